The highest BCUT2D eigenvalue weighted by Crippen LogP contribution is 2.34. The predicted octanol–water partition coefficient (Wildman–Crippen LogP) is 3.48. The van der Waals surface area contributed by atoms with Gasteiger partial charge in [0.1, 0.15) is 5.60 Å². The number of non-ortho nitro benzene ring substituents is 1. The summed E-state index contributed by atoms with van der Waals surface area (Å²) in [5.74, 6) is 0.463. The number of benzene rings is 1. The normalized spacial score (nSPS) is 14.2. The first kappa shape index (κ1) is 14.2. The molecular weight excluding hydrogens is 262 g/mol. The number of ether oxygens (including phenoxy) is 1. The SMILES string of the molecule is CCCC(C)(CC)Oc1ccc([N+](=O)[O-])c2nonc12. The predicted molar refractivity (Wildman–Crippen MR) is 72.7 cm³/mol. The van der Waals surface area contributed by atoms with Crippen molar-refractivity contribution in [1.82, 2.24) is 10.3 Å². The van der Waals surface area contributed by atoms with Crippen molar-refractivity contribution < 1.29 is 14.3 Å². The molecule has 108 valence electrons. The Bertz CT molecular complexity index is 625. The highest BCUT2D eigenvalue weighted by Gasteiger charge is 2.27. The zero-order chi connectivity index (χ0) is 14.8. The van der Waals surface area contributed by atoms with Gasteiger partial charge in [0.15, 0.2) is 11.3 Å². The second kappa shape index (κ2) is 5.44. The Hall–Kier alpha value is -2.18. The molecule has 0 bridgehead atoms. The number of fused-ring (bicyclic) bond motifs is 1. The van der Waals surface area contributed by atoms with E-state index in [2.05, 4.69) is 21.9 Å². The lowest BCUT2D eigenvalue weighted by Gasteiger charge is -2.29. The quantitative estimate of drug-likeness (QED) is 0.593. The van der Waals surface area contributed by atoms with E-state index in [1.54, 1.807) is 6.07 Å². The number of rotatable bonds is 6. The minimum absolute atomic E-state index is 0.113. The van der Waals surface area contributed by atoms with Crippen LogP contribution in [0.3, 0.4) is 0 Å². The van der Waals surface area contributed by atoms with Crippen LogP contribution in [0.15, 0.2) is 16.8 Å². The van der Waals surface area contributed by atoms with E-state index in [1.165, 1.54) is 6.07 Å². The van der Waals surface area contributed by atoms with Crippen LogP contribution in [0, 0.1) is 10.1 Å². The highest BCUT2D eigenvalue weighted by atomic mass is 16.6. The van der Waals surface area contributed by atoms with Crippen LogP contribution in [0.5, 0.6) is 5.75 Å². The van der Waals surface area contributed by atoms with Crippen LogP contribution < -0.4 is 4.74 Å². The van der Waals surface area contributed by atoms with Gasteiger partial charge in [-0.1, -0.05) is 20.3 Å². The first-order valence-electron chi connectivity index (χ1n) is 6.59. The van der Waals surface area contributed by atoms with Gasteiger partial charge in [-0.05, 0) is 36.1 Å². The molecule has 2 aromatic rings. The Morgan fingerprint density at radius 3 is 2.65 bits per heavy atom. The standard InChI is InChI=1S/C13H17N3O4/c1-4-8-13(3,5-2)19-10-7-6-9(16(17)18)11-12(10)15-20-14-11/h6-7H,4-5,8H2,1-3H3. The van der Waals surface area contributed by atoms with Crippen LogP contribution in [-0.4, -0.2) is 20.8 Å². The molecule has 0 spiro atoms. The van der Waals surface area contributed by atoms with E-state index in [1.807, 2.05) is 13.8 Å². The maximum Gasteiger partial charge on any atom is 0.301 e. The van der Waals surface area contributed by atoms with E-state index in [4.69, 9.17) is 4.74 Å². The Morgan fingerprint density at radius 1 is 1.35 bits per heavy atom. The summed E-state index contributed by atoms with van der Waals surface area (Å²) in [5.41, 5.74) is -0.0729. The molecule has 1 aromatic carbocycles. The van der Waals surface area contributed by atoms with Gasteiger partial charge in [-0.25, -0.2) is 4.63 Å². The van der Waals surface area contributed by atoms with Gasteiger partial charge in [0.25, 0.3) is 0 Å². The smallest absolute Gasteiger partial charge is 0.301 e. The van der Waals surface area contributed by atoms with Crippen molar-refractivity contribution in [3.63, 3.8) is 0 Å². The van der Waals surface area contributed by atoms with Gasteiger partial charge in [-0.15, -0.1) is 0 Å². The second-order valence-electron chi connectivity index (χ2n) is 4.96. The first-order chi connectivity index (χ1) is 9.50. The molecule has 0 saturated carbocycles. The third-order valence-electron chi connectivity index (χ3n) is 3.44. The molecule has 7 nitrogen and oxygen atoms in total. The summed E-state index contributed by atoms with van der Waals surface area (Å²) in [6.45, 7) is 6.14. The third-order valence-corrected chi connectivity index (χ3v) is 3.44. The first-order valence-corrected chi connectivity index (χ1v) is 6.59. The number of nitrogens with zero attached hydrogens (tertiary/aromatic N) is 3. The molecule has 0 radical (unpaired) electrons. The summed E-state index contributed by atoms with van der Waals surface area (Å²) in [6, 6.07) is 2.91. The summed E-state index contributed by atoms with van der Waals surface area (Å²) in [4.78, 5) is 10.4. The lowest BCUT2D eigenvalue weighted by molar-refractivity contribution is -0.383. The molecule has 0 aliphatic carbocycles. The van der Waals surface area contributed by atoms with Crippen molar-refractivity contribution in [3.05, 3.63) is 22.2 Å². The van der Waals surface area contributed by atoms with E-state index < -0.39 is 4.92 Å². The fraction of sp³-hybridized carbons (Fsp3) is 0.538. The molecule has 0 N–H and O–H groups in total. The number of hydrogen-bond donors (Lipinski definition) is 0. The van der Waals surface area contributed by atoms with Crippen molar-refractivity contribution in [2.24, 2.45) is 0 Å². The fourth-order valence-corrected chi connectivity index (χ4v) is 2.15. The van der Waals surface area contributed by atoms with E-state index in [0.717, 1.165) is 19.3 Å². The van der Waals surface area contributed by atoms with E-state index in [9.17, 15) is 10.1 Å². The van der Waals surface area contributed by atoms with Crippen LogP contribution in [0.2, 0.25) is 0 Å². The summed E-state index contributed by atoms with van der Waals surface area (Å²) >= 11 is 0. The van der Waals surface area contributed by atoms with E-state index in [-0.39, 0.29) is 22.3 Å². The van der Waals surface area contributed by atoms with Gasteiger partial charge >= 0.3 is 5.69 Å². The van der Waals surface area contributed by atoms with Gasteiger partial charge < -0.3 is 4.74 Å². The minimum atomic E-state index is -0.513. The highest BCUT2D eigenvalue weighted by molar-refractivity contribution is 5.88. The van der Waals surface area contributed by atoms with Crippen molar-refractivity contribution >= 4 is 16.7 Å². The molecule has 1 aromatic heterocycles. The molecule has 1 unspecified atom stereocenters. The Kier molecular flexibility index (Phi) is 3.87. The maximum atomic E-state index is 10.9. The van der Waals surface area contributed by atoms with E-state index >= 15 is 0 Å². The minimum Gasteiger partial charge on any atom is -0.485 e. The van der Waals surface area contributed by atoms with Gasteiger partial charge in [0.2, 0.25) is 5.52 Å². The van der Waals surface area contributed by atoms with Gasteiger partial charge in [0.05, 0.1) is 4.92 Å². The van der Waals surface area contributed by atoms with Crippen LogP contribution in [0.25, 0.3) is 11.0 Å². The number of nitro groups is 1. The van der Waals surface area contributed by atoms with Crippen molar-refractivity contribution in [2.75, 3.05) is 0 Å². The van der Waals surface area contributed by atoms with Gasteiger partial charge in [-0.3, -0.25) is 10.1 Å². The zero-order valence-corrected chi connectivity index (χ0v) is 11.8. The van der Waals surface area contributed by atoms with Gasteiger partial charge in [0, 0.05) is 6.07 Å². The molecule has 0 aliphatic heterocycles. The molecule has 0 amide bonds. The Balaban J connectivity index is 2.44. The molecule has 0 aliphatic rings. The lowest BCUT2D eigenvalue weighted by Crippen LogP contribution is -2.31. The van der Waals surface area contributed by atoms with Crippen molar-refractivity contribution in [2.45, 2.75) is 45.6 Å². The summed E-state index contributed by atoms with van der Waals surface area (Å²) < 4.78 is 10.6. The second-order valence-corrected chi connectivity index (χ2v) is 4.96. The number of aromatic nitrogens is 2. The molecule has 1 atom stereocenters. The number of hydrogen-bond acceptors (Lipinski definition) is 6. The number of nitro benzene ring substituents is 1. The van der Waals surface area contributed by atoms with Crippen molar-refractivity contribution in [3.8, 4) is 5.75 Å². The molecule has 7 heteroatoms. The van der Waals surface area contributed by atoms with E-state index in [0.29, 0.717) is 5.75 Å². The molecule has 1 heterocycles. The van der Waals surface area contributed by atoms with Crippen LogP contribution >= 0.6 is 0 Å². The molecule has 0 fully saturated rings. The monoisotopic (exact) mass is 279 g/mol. The average molecular weight is 279 g/mol. The Labute approximate surface area is 116 Å². The van der Waals surface area contributed by atoms with Crippen LogP contribution in [0.4, 0.5) is 5.69 Å². The Morgan fingerprint density at radius 2 is 2.05 bits per heavy atom. The molecular formula is C13H17N3O4. The average Bonchev–Trinajstić information content (AvgIpc) is 2.88. The molecule has 0 saturated heterocycles. The van der Waals surface area contributed by atoms with Crippen molar-refractivity contribution in [1.29, 1.82) is 0 Å². The third kappa shape index (κ3) is 2.56. The summed E-state index contributed by atoms with van der Waals surface area (Å²) in [7, 11) is 0. The molecule has 2 rings (SSSR count). The van der Waals surface area contributed by atoms with Gasteiger partial charge in [-0.2, -0.15) is 0 Å². The summed E-state index contributed by atoms with van der Waals surface area (Å²) in [6.07, 6.45) is 2.69. The largest absolute Gasteiger partial charge is 0.485 e. The maximum absolute atomic E-state index is 10.9. The zero-order valence-electron chi connectivity index (χ0n) is 11.8. The van der Waals surface area contributed by atoms with Crippen LogP contribution in [-0.2, 0) is 0 Å². The topological polar surface area (TPSA) is 91.3 Å². The fourth-order valence-electron chi connectivity index (χ4n) is 2.15. The summed E-state index contributed by atoms with van der Waals surface area (Å²) in [5, 5.41) is 18.2. The lowest BCUT2D eigenvalue weighted by atomic mass is 9.97. The van der Waals surface area contributed by atoms with Crippen LogP contribution in [0.1, 0.15) is 40.0 Å². The molecule has 20 heavy (non-hydrogen) atoms.